The molecule has 1 saturated heterocycles. The Labute approximate surface area is 138 Å². The molecule has 0 bridgehead atoms. The fourth-order valence-electron chi connectivity index (χ4n) is 3.24. The van der Waals surface area contributed by atoms with Gasteiger partial charge in [-0.2, -0.15) is 0 Å². The van der Waals surface area contributed by atoms with Gasteiger partial charge < -0.3 is 10.1 Å². The van der Waals surface area contributed by atoms with Crippen molar-refractivity contribution in [1.82, 2.24) is 10.2 Å². The van der Waals surface area contributed by atoms with Crippen LogP contribution in [-0.4, -0.2) is 37.1 Å². The number of morpholine rings is 1. The van der Waals surface area contributed by atoms with Gasteiger partial charge in [0, 0.05) is 32.1 Å². The normalized spacial score (nSPS) is 22.0. The van der Waals surface area contributed by atoms with Crippen molar-refractivity contribution in [3.8, 4) is 0 Å². The van der Waals surface area contributed by atoms with E-state index in [4.69, 9.17) is 4.74 Å². The molecule has 23 heavy (non-hydrogen) atoms. The Balaban J connectivity index is 1.56. The zero-order valence-electron chi connectivity index (χ0n) is 13.7. The summed E-state index contributed by atoms with van der Waals surface area (Å²) in [5.41, 5.74) is 2.52. The molecule has 4 nitrogen and oxygen atoms in total. The molecular formula is C19H26N2O2. The monoisotopic (exact) mass is 314 g/mol. The van der Waals surface area contributed by atoms with Crippen molar-refractivity contribution >= 4 is 5.91 Å². The quantitative estimate of drug-likeness (QED) is 0.849. The highest BCUT2D eigenvalue weighted by atomic mass is 16.5. The standard InChI is InChI=1S/C19H26N2O2/c22-19(16-6-2-1-3-7-16)20-14-17-8-4-5-9-18(17)15-21-10-12-23-13-11-21/h1-2,4-5,8-9,16H,3,6-7,10-15H2,(H,20,22)/t16-/m1/s1. The summed E-state index contributed by atoms with van der Waals surface area (Å²) in [7, 11) is 0. The first-order valence-corrected chi connectivity index (χ1v) is 8.62. The van der Waals surface area contributed by atoms with Crippen LogP contribution in [0.2, 0.25) is 0 Å². The van der Waals surface area contributed by atoms with Gasteiger partial charge in [0.2, 0.25) is 5.91 Å². The van der Waals surface area contributed by atoms with Crippen molar-refractivity contribution < 1.29 is 9.53 Å². The van der Waals surface area contributed by atoms with Gasteiger partial charge in [-0.05, 0) is 30.4 Å². The predicted molar refractivity (Wildman–Crippen MR) is 90.9 cm³/mol. The summed E-state index contributed by atoms with van der Waals surface area (Å²) >= 11 is 0. The number of carbonyl (C=O) groups is 1. The molecule has 1 aromatic rings. The number of hydrogen-bond donors (Lipinski definition) is 1. The van der Waals surface area contributed by atoms with Crippen LogP contribution in [0, 0.1) is 5.92 Å². The minimum Gasteiger partial charge on any atom is -0.379 e. The highest BCUT2D eigenvalue weighted by Crippen LogP contribution is 2.19. The van der Waals surface area contributed by atoms with E-state index >= 15 is 0 Å². The third-order valence-electron chi connectivity index (χ3n) is 4.71. The molecule has 1 aliphatic heterocycles. The maximum Gasteiger partial charge on any atom is 0.223 e. The Morgan fingerprint density at radius 2 is 1.96 bits per heavy atom. The maximum absolute atomic E-state index is 12.3. The molecule has 1 amide bonds. The van der Waals surface area contributed by atoms with E-state index in [-0.39, 0.29) is 11.8 Å². The van der Waals surface area contributed by atoms with Crippen LogP contribution in [0.15, 0.2) is 36.4 Å². The Morgan fingerprint density at radius 1 is 1.17 bits per heavy atom. The van der Waals surface area contributed by atoms with E-state index in [1.54, 1.807) is 0 Å². The van der Waals surface area contributed by atoms with Crippen molar-refractivity contribution in [3.05, 3.63) is 47.5 Å². The third-order valence-corrected chi connectivity index (χ3v) is 4.71. The molecule has 1 atom stereocenters. The first-order valence-electron chi connectivity index (χ1n) is 8.62. The zero-order chi connectivity index (χ0) is 15.9. The lowest BCUT2D eigenvalue weighted by Gasteiger charge is -2.27. The average Bonchev–Trinajstić information content (AvgIpc) is 2.62. The molecule has 0 spiro atoms. The Bertz CT molecular complexity index is 550. The van der Waals surface area contributed by atoms with Crippen molar-refractivity contribution in [1.29, 1.82) is 0 Å². The number of ether oxygens (including phenoxy) is 1. The number of amides is 1. The van der Waals surface area contributed by atoms with Crippen LogP contribution in [0.25, 0.3) is 0 Å². The van der Waals surface area contributed by atoms with Gasteiger partial charge in [0.15, 0.2) is 0 Å². The first-order chi connectivity index (χ1) is 11.3. The molecule has 0 aromatic heterocycles. The van der Waals surface area contributed by atoms with E-state index in [2.05, 4.69) is 40.6 Å². The van der Waals surface area contributed by atoms with E-state index in [1.807, 2.05) is 6.07 Å². The topological polar surface area (TPSA) is 41.6 Å². The SMILES string of the molecule is O=C(NCc1ccccc1CN1CCOCC1)[C@@H]1CC=CCC1. The van der Waals surface area contributed by atoms with Crippen LogP contribution in [0.3, 0.4) is 0 Å². The summed E-state index contributed by atoms with van der Waals surface area (Å²) in [6.45, 7) is 5.15. The van der Waals surface area contributed by atoms with Crippen molar-refractivity contribution in [2.45, 2.75) is 32.4 Å². The highest BCUT2D eigenvalue weighted by Gasteiger charge is 2.19. The summed E-state index contributed by atoms with van der Waals surface area (Å²) < 4.78 is 5.41. The van der Waals surface area contributed by atoms with Gasteiger partial charge in [-0.1, -0.05) is 36.4 Å². The molecule has 1 aliphatic carbocycles. The van der Waals surface area contributed by atoms with E-state index in [1.165, 1.54) is 11.1 Å². The van der Waals surface area contributed by atoms with E-state index in [0.29, 0.717) is 6.54 Å². The largest absolute Gasteiger partial charge is 0.379 e. The summed E-state index contributed by atoms with van der Waals surface area (Å²) in [4.78, 5) is 14.7. The van der Waals surface area contributed by atoms with Crippen LogP contribution in [0.1, 0.15) is 30.4 Å². The number of rotatable bonds is 5. The number of benzene rings is 1. The number of nitrogens with zero attached hydrogens (tertiary/aromatic N) is 1. The third kappa shape index (κ3) is 4.66. The van der Waals surface area contributed by atoms with Crippen LogP contribution >= 0.6 is 0 Å². The second-order valence-corrected chi connectivity index (χ2v) is 6.36. The van der Waals surface area contributed by atoms with Gasteiger partial charge in [0.05, 0.1) is 13.2 Å². The second kappa shape index (κ2) is 8.27. The Kier molecular flexibility index (Phi) is 5.83. The summed E-state index contributed by atoms with van der Waals surface area (Å²) in [6, 6.07) is 8.41. The van der Waals surface area contributed by atoms with E-state index < -0.39 is 0 Å². The lowest BCUT2D eigenvalue weighted by atomic mass is 9.93. The van der Waals surface area contributed by atoms with Crippen LogP contribution in [0.5, 0.6) is 0 Å². The number of allylic oxidation sites excluding steroid dienone is 2. The van der Waals surface area contributed by atoms with Crippen molar-refractivity contribution in [3.63, 3.8) is 0 Å². The van der Waals surface area contributed by atoms with Gasteiger partial charge in [-0.15, -0.1) is 0 Å². The maximum atomic E-state index is 12.3. The van der Waals surface area contributed by atoms with Crippen molar-refractivity contribution in [2.24, 2.45) is 5.92 Å². The molecule has 124 valence electrons. The van der Waals surface area contributed by atoms with E-state index in [9.17, 15) is 4.79 Å². The van der Waals surface area contributed by atoms with Crippen LogP contribution in [0.4, 0.5) is 0 Å². The molecule has 0 radical (unpaired) electrons. The summed E-state index contributed by atoms with van der Waals surface area (Å²) in [5.74, 6) is 0.335. The number of carbonyl (C=O) groups excluding carboxylic acids is 1. The molecule has 4 heteroatoms. The predicted octanol–water partition coefficient (Wildman–Crippen LogP) is 2.49. The Morgan fingerprint density at radius 3 is 2.70 bits per heavy atom. The molecule has 1 fully saturated rings. The van der Waals surface area contributed by atoms with E-state index in [0.717, 1.165) is 52.1 Å². The van der Waals surface area contributed by atoms with Gasteiger partial charge in [-0.25, -0.2) is 0 Å². The van der Waals surface area contributed by atoms with Gasteiger partial charge in [0.1, 0.15) is 0 Å². The number of nitrogens with one attached hydrogen (secondary N) is 1. The highest BCUT2D eigenvalue weighted by molar-refractivity contribution is 5.79. The molecule has 3 rings (SSSR count). The minimum atomic E-state index is 0.145. The van der Waals surface area contributed by atoms with Gasteiger partial charge >= 0.3 is 0 Å². The molecule has 0 unspecified atom stereocenters. The fraction of sp³-hybridized carbons (Fsp3) is 0.526. The fourth-order valence-corrected chi connectivity index (χ4v) is 3.24. The lowest BCUT2D eigenvalue weighted by molar-refractivity contribution is -0.125. The summed E-state index contributed by atoms with van der Waals surface area (Å²) in [6.07, 6.45) is 7.16. The average molecular weight is 314 g/mol. The van der Waals surface area contributed by atoms with Gasteiger partial charge in [0.25, 0.3) is 0 Å². The van der Waals surface area contributed by atoms with Crippen LogP contribution < -0.4 is 5.32 Å². The zero-order valence-corrected chi connectivity index (χ0v) is 13.7. The Hall–Kier alpha value is -1.65. The second-order valence-electron chi connectivity index (χ2n) is 6.36. The molecule has 2 aliphatic rings. The first kappa shape index (κ1) is 16.2. The lowest BCUT2D eigenvalue weighted by Crippen LogP contribution is -2.36. The molecule has 0 saturated carbocycles. The molecule has 1 aromatic carbocycles. The van der Waals surface area contributed by atoms with Crippen molar-refractivity contribution in [2.75, 3.05) is 26.3 Å². The van der Waals surface area contributed by atoms with Crippen LogP contribution in [-0.2, 0) is 22.6 Å². The summed E-state index contributed by atoms with van der Waals surface area (Å²) in [5, 5.41) is 3.13. The minimum absolute atomic E-state index is 0.145. The molecule has 1 heterocycles. The smallest absolute Gasteiger partial charge is 0.223 e. The van der Waals surface area contributed by atoms with Gasteiger partial charge in [-0.3, -0.25) is 9.69 Å². The molecule has 1 N–H and O–H groups in total. The molecular weight excluding hydrogens is 288 g/mol. The number of hydrogen-bond acceptors (Lipinski definition) is 3.